The zero-order valence-electron chi connectivity index (χ0n) is 7.41. The van der Waals surface area contributed by atoms with Gasteiger partial charge >= 0.3 is 0 Å². The predicted molar refractivity (Wildman–Crippen MR) is 57.5 cm³/mol. The average molecular weight is 292 g/mol. The van der Waals surface area contributed by atoms with E-state index in [0.29, 0.717) is 12.0 Å². The Morgan fingerprint density at radius 2 is 2.31 bits per heavy atom. The molecule has 0 radical (unpaired) electrons. The average Bonchev–Trinajstić information content (AvgIpc) is 2.62. The lowest BCUT2D eigenvalue weighted by molar-refractivity contribution is -0.117. The Morgan fingerprint density at radius 1 is 1.38 bits per heavy atom. The third-order valence-electron chi connectivity index (χ3n) is 3.43. The topological polar surface area (TPSA) is 18.5 Å². The number of ether oxygens (including phenoxy) is 2. The first-order valence-electron chi connectivity index (χ1n) is 4.96. The second kappa shape index (κ2) is 3.21. The summed E-state index contributed by atoms with van der Waals surface area (Å²) < 4.78 is 12.9. The maximum absolute atomic E-state index is 5.89. The summed E-state index contributed by atoms with van der Waals surface area (Å²) in [5.74, 6) is 1.43. The summed E-state index contributed by atoms with van der Waals surface area (Å²) in [5.41, 5.74) is 0. The van der Waals surface area contributed by atoms with E-state index in [4.69, 9.17) is 9.47 Å². The van der Waals surface area contributed by atoms with Gasteiger partial charge in [-0.05, 0) is 44.9 Å². The molecule has 2 heterocycles. The quantitative estimate of drug-likeness (QED) is 0.639. The molecule has 2 nitrogen and oxygen atoms in total. The van der Waals surface area contributed by atoms with Gasteiger partial charge in [0.1, 0.15) is 0 Å². The molecule has 2 aliphatic heterocycles. The first-order valence-corrected chi connectivity index (χ1v) is 6.04. The zero-order chi connectivity index (χ0) is 8.84. The first kappa shape index (κ1) is 8.68. The van der Waals surface area contributed by atoms with E-state index in [2.05, 4.69) is 28.7 Å². The molecule has 0 N–H and O–H groups in total. The van der Waals surface area contributed by atoms with Crippen LogP contribution in [0.2, 0.25) is 0 Å². The summed E-state index contributed by atoms with van der Waals surface area (Å²) in [6.07, 6.45) is 6.47. The number of halogens is 1. The molecule has 0 bridgehead atoms. The molecule has 72 valence electrons. The number of rotatable bonds is 0. The van der Waals surface area contributed by atoms with Crippen LogP contribution in [0.25, 0.3) is 0 Å². The van der Waals surface area contributed by atoms with Crippen LogP contribution < -0.4 is 0 Å². The lowest BCUT2D eigenvalue weighted by Gasteiger charge is -2.24. The molecule has 0 spiro atoms. The maximum Gasteiger partial charge on any atom is 0.161 e. The lowest BCUT2D eigenvalue weighted by Crippen LogP contribution is -2.22. The van der Waals surface area contributed by atoms with Crippen LogP contribution >= 0.6 is 22.6 Å². The van der Waals surface area contributed by atoms with Crippen LogP contribution in [-0.4, -0.2) is 19.0 Å². The summed E-state index contributed by atoms with van der Waals surface area (Å²) in [5, 5.41) is 0. The van der Waals surface area contributed by atoms with Crippen molar-refractivity contribution in [3.8, 4) is 0 Å². The Labute approximate surface area is 91.8 Å². The number of hydrogen-bond donors (Lipinski definition) is 0. The van der Waals surface area contributed by atoms with Crippen LogP contribution in [0.4, 0.5) is 0 Å². The fourth-order valence-corrected chi connectivity index (χ4v) is 3.44. The Kier molecular flexibility index (Phi) is 2.14. The molecule has 0 unspecified atom stereocenters. The highest BCUT2D eigenvalue weighted by Gasteiger charge is 2.47. The Bertz CT molecular complexity index is 251. The van der Waals surface area contributed by atoms with Gasteiger partial charge in [0.2, 0.25) is 0 Å². The van der Waals surface area contributed by atoms with E-state index < -0.39 is 0 Å². The molecule has 13 heavy (non-hydrogen) atoms. The largest absolute Gasteiger partial charge is 0.352 e. The summed E-state index contributed by atoms with van der Waals surface area (Å²) in [4.78, 5) is 0. The van der Waals surface area contributed by atoms with E-state index in [1.54, 1.807) is 0 Å². The molecule has 0 saturated carbocycles. The van der Waals surface area contributed by atoms with E-state index in [0.717, 1.165) is 18.9 Å². The molecule has 2 fully saturated rings. The van der Waals surface area contributed by atoms with Gasteiger partial charge in [0.15, 0.2) is 6.29 Å². The molecule has 2 saturated heterocycles. The van der Waals surface area contributed by atoms with E-state index >= 15 is 0 Å². The van der Waals surface area contributed by atoms with Crippen molar-refractivity contribution in [3.63, 3.8) is 0 Å². The minimum atomic E-state index is 0.130. The minimum absolute atomic E-state index is 0.130. The normalized spacial score (nSPS) is 48.5. The van der Waals surface area contributed by atoms with Gasteiger partial charge in [-0.3, -0.25) is 0 Å². The summed E-state index contributed by atoms with van der Waals surface area (Å²) >= 11 is 2.42. The number of allylic oxidation sites excluding steroid dienone is 1. The van der Waals surface area contributed by atoms with Gasteiger partial charge in [0.05, 0.1) is 12.7 Å². The second-order valence-electron chi connectivity index (χ2n) is 4.12. The Morgan fingerprint density at radius 3 is 3.23 bits per heavy atom. The fraction of sp³-hybridized carbons (Fsp3) is 0.800. The molecule has 0 amide bonds. The Balaban J connectivity index is 1.82. The highest BCUT2D eigenvalue weighted by atomic mass is 127. The van der Waals surface area contributed by atoms with E-state index in [-0.39, 0.29) is 6.29 Å². The van der Waals surface area contributed by atoms with Crippen LogP contribution in [0.5, 0.6) is 0 Å². The van der Waals surface area contributed by atoms with Crippen LogP contribution in [0, 0.1) is 11.8 Å². The summed E-state index contributed by atoms with van der Waals surface area (Å²) in [6, 6.07) is 0. The molecular formula is C10H13IO2. The van der Waals surface area contributed by atoms with Crippen molar-refractivity contribution < 1.29 is 9.47 Å². The van der Waals surface area contributed by atoms with E-state index in [1.165, 1.54) is 16.4 Å². The maximum atomic E-state index is 5.89. The number of fused-ring (bicyclic) bond motifs is 3. The molecule has 0 aromatic heterocycles. The van der Waals surface area contributed by atoms with Gasteiger partial charge in [-0.1, -0.05) is 6.08 Å². The smallest absolute Gasteiger partial charge is 0.161 e. The molecule has 0 aromatic carbocycles. The van der Waals surface area contributed by atoms with Crippen molar-refractivity contribution >= 4 is 22.6 Å². The molecule has 1 aliphatic carbocycles. The second-order valence-corrected chi connectivity index (χ2v) is 5.51. The molecular weight excluding hydrogens is 279 g/mol. The van der Waals surface area contributed by atoms with Crippen molar-refractivity contribution in [2.45, 2.75) is 31.7 Å². The monoisotopic (exact) mass is 292 g/mol. The number of hydrogen-bond acceptors (Lipinski definition) is 2. The third kappa shape index (κ3) is 1.36. The summed E-state index contributed by atoms with van der Waals surface area (Å²) in [6.45, 7) is 0.902. The molecule has 0 aromatic rings. The van der Waals surface area contributed by atoms with Crippen molar-refractivity contribution in [1.29, 1.82) is 0 Å². The van der Waals surface area contributed by atoms with Gasteiger partial charge in [0.25, 0.3) is 0 Å². The van der Waals surface area contributed by atoms with Gasteiger partial charge < -0.3 is 9.47 Å². The van der Waals surface area contributed by atoms with Gasteiger partial charge in [0, 0.05) is 12.3 Å². The van der Waals surface area contributed by atoms with Crippen LogP contribution in [0.1, 0.15) is 19.3 Å². The van der Waals surface area contributed by atoms with E-state index in [9.17, 15) is 0 Å². The Hall–Kier alpha value is 0.390. The van der Waals surface area contributed by atoms with E-state index in [1.807, 2.05) is 0 Å². The van der Waals surface area contributed by atoms with Crippen molar-refractivity contribution in [2.24, 2.45) is 11.8 Å². The zero-order valence-corrected chi connectivity index (χ0v) is 9.57. The molecule has 3 rings (SSSR count). The lowest BCUT2D eigenvalue weighted by atomic mass is 9.82. The highest BCUT2D eigenvalue weighted by molar-refractivity contribution is 14.1. The van der Waals surface area contributed by atoms with Crippen LogP contribution in [-0.2, 0) is 9.47 Å². The van der Waals surface area contributed by atoms with Gasteiger partial charge in [-0.15, -0.1) is 0 Å². The van der Waals surface area contributed by atoms with Crippen LogP contribution in [0.15, 0.2) is 9.66 Å². The SMILES string of the molecule is IC1=CC[C@@H]2[C@H]3CCO[C@H]3O[C@H]2C1. The minimum Gasteiger partial charge on any atom is -0.352 e. The van der Waals surface area contributed by atoms with Crippen molar-refractivity contribution in [1.82, 2.24) is 0 Å². The van der Waals surface area contributed by atoms with Gasteiger partial charge in [-0.25, -0.2) is 0 Å². The highest BCUT2D eigenvalue weighted by Crippen LogP contribution is 2.46. The third-order valence-corrected chi connectivity index (χ3v) is 4.31. The fourth-order valence-electron chi connectivity index (χ4n) is 2.75. The van der Waals surface area contributed by atoms with Gasteiger partial charge in [-0.2, -0.15) is 0 Å². The first-order chi connectivity index (χ1) is 6.34. The van der Waals surface area contributed by atoms with Crippen molar-refractivity contribution in [3.05, 3.63) is 9.66 Å². The van der Waals surface area contributed by atoms with Crippen LogP contribution in [0.3, 0.4) is 0 Å². The molecule has 3 aliphatic rings. The standard InChI is InChI=1S/C10H13IO2/c11-6-1-2-7-8-3-4-12-10(8)13-9(7)5-6/h1,7-10H,2-5H2/t7-,8-,9+,10+/m1/s1. The molecule has 3 heteroatoms. The molecule has 4 atom stereocenters. The summed E-state index contributed by atoms with van der Waals surface area (Å²) in [7, 11) is 0. The van der Waals surface area contributed by atoms with Crippen molar-refractivity contribution in [2.75, 3.05) is 6.61 Å². The predicted octanol–water partition coefficient (Wildman–Crippen LogP) is 2.48.